The Morgan fingerprint density at radius 1 is 0.323 bits per heavy atom. The van der Waals surface area contributed by atoms with E-state index in [1.54, 1.807) is 0 Å². The van der Waals surface area contributed by atoms with E-state index in [0.29, 0.717) is 19.3 Å². The summed E-state index contributed by atoms with van der Waals surface area (Å²) in [6, 6.07) is 0. The number of carbonyl (C=O) groups excluding carboxylic acids is 3. The minimum atomic E-state index is -0.771. The molecular weight excluding hydrogens is 769 g/mol. The molecule has 6 heteroatoms. The van der Waals surface area contributed by atoms with Gasteiger partial charge >= 0.3 is 17.9 Å². The van der Waals surface area contributed by atoms with Gasteiger partial charge in [0, 0.05) is 19.3 Å². The summed E-state index contributed by atoms with van der Waals surface area (Å²) in [6.07, 6.45) is 59.9. The van der Waals surface area contributed by atoms with Crippen molar-refractivity contribution < 1.29 is 28.6 Å². The van der Waals surface area contributed by atoms with E-state index in [4.69, 9.17) is 14.2 Å². The summed E-state index contributed by atoms with van der Waals surface area (Å²) in [7, 11) is 0. The predicted molar refractivity (Wildman–Crippen MR) is 266 cm³/mol. The zero-order valence-corrected chi connectivity index (χ0v) is 41.4. The Labute approximate surface area is 385 Å². The van der Waals surface area contributed by atoms with Crippen molar-refractivity contribution in [3.63, 3.8) is 0 Å². The fraction of sp³-hybridized carbons (Fsp3) is 0.839. The van der Waals surface area contributed by atoms with Crippen molar-refractivity contribution >= 4 is 17.9 Å². The van der Waals surface area contributed by atoms with Gasteiger partial charge in [-0.15, -0.1) is 0 Å². The Kier molecular flexibility index (Phi) is 49.3. The van der Waals surface area contributed by atoms with E-state index in [9.17, 15) is 14.4 Å². The van der Waals surface area contributed by atoms with Gasteiger partial charge in [0.1, 0.15) is 13.2 Å². The van der Waals surface area contributed by atoms with Crippen LogP contribution in [0.5, 0.6) is 0 Å². The molecule has 0 heterocycles. The molecule has 62 heavy (non-hydrogen) atoms. The topological polar surface area (TPSA) is 78.9 Å². The van der Waals surface area contributed by atoms with Gasteiger partial charge in [0.2, 0.25) is 0 Å². The van der Waals surface area contributed by atoms with E-state index in [2.05, 4.69) is 57.2 Å². The Morgan fingerprint density at radius 2 is 0.581 bits per heavy atom. The van der Waals surface area contributed by atoms with E-state index in [1.807, 2.05) is 0 Å². The molecule has 1 unspecified atom stereocenters. The van der Waals surface area contributed by atoms with Gasteiger partial charge in [-0.1, -0.05) is 243 Å². The van der Waals surface area contributed by atoms with Crippen molar-refractivity contribution in [1.82, 2.24) is 0 Å². The standard InChI is InChI=1S/C56H102O6/c1-4-7-10-13-16-19-21-23-25-26-27-28-29-30-31-33-34-37-40-43-46-49-55(58)61-52-53(51-60-54(57)48-45-42-39-36-18-15-12-9-6-3)62-56(59)50-47-44-41-38-35-32-24-22-20-17-14-11-8-5-2/h21,23,26-27,29-30,53H,4-20,22,24-25,28,31-52H2,1-3H3/b23-21-,27-26-,30-29-. The summed E-state index contributed by atoms with van der Waals surface area (Å²) in [4.78, 5) is 37.9. The van der Waals surface area contributed by atoms with Gasteiger partial charge in [-0.2, -0.15) is 0 Å². The van der Waals surface area contributed by atoms with E-state index in [0.717, 1.165) is 77.0 Å². The van der Waals surface area contributed by atoms with Crippen LogP contribution < -0.4 is 0 Å². The fourth-order valence-electron chi connectivity index (χ4n) is 7.80. The molecule has 0 rings (SSSR count). The number of carbonyl (C=O) groups is 3. The van der Waals surface area contributed by atoms with Gasteiger partial charge in [-0.25, -0.2) is 0 Å². The van der Waals surface area contributed by atoms with E-state index in [-0.39, 0.29) is 31.1 Å². The van der Waals surface area contributed by atoms with Crippen LogP contribution in [0.25, 0.3) is 0 Å². The molecule has 0 aliphatic carbocycles. The molecule has 0 radical (unpaired) electrons. The fourth-order valence-corrected chi connectivity index (χ4v) is 7.80. The van der Waals surface area contributed by atoms with Crippen molar-refractivity contribution in [3.05, 3.63) is 36.5 Å². The summed E-state index contributed by atoms with van der Waals surface area (Å²) >= 11 is 0. The van der Waals surface area contributed by atoms with Crippen molar-refractivity contribution in [1.29, 1.82) is 0 Å². The Balaban J connectivity index is 4.28. The molecule has 0 aromatic heterocycles. The lowest BCUT2D eigenvalue weighted by atomic mass is 10.0. The van der Waals surface area contributed by atoms with E-state index >= 15 is 0 Å². The first-order valence-electron chi connectivity index (χ1n) is 27.0. The van der Waals surface area contributed by atoms with Crippen LogP contribution in [0.4, 0.5) is 0 Å². The first-order valence-corrected chi connectivity index (χ1v) is 27.0. The van der Waals surface area contributed by atoms with Gasteiger partial charge in [-0.3, -0.25) is 14.4 Å². The summed E-state index contributed by atoms with van der Waals surface area (Å²) < 4.78 is 16.8. The lowest BCUT2D eigenvalue weighted by Crippen LogP contribution is -2.30. The highest BCUT2D eigenvalue weighted by molar-refractivity contribution is 5.71. The molecule has 0 N–H and O–H groups in total. The summed E-state index contributed by atoms with van der Waals surface area (Å²) in [5.74, 6) is -0.876. The molecule has 0 bridgehead atoms. The number of ether oxygens (including phenoxy) is 3. The average molecular weight is 871 g/mol. The van der Waals surface area contributed by atoms with Crippen molar-refractivity contribution in [2.45, 2.75) is 290 Å². The Bertz CT molecular complexity index is 1050. The highest BCUT2D eigenvalue weighted by atomic mass is 16.6. The molecule has 0 aromatic carbocycles. The third-order valence-corrected chi connectivity index (χ3v) is 11.9. The van der Waals surface area contributed by atoms with E-state index in [1.165, 1.54) is 167 Å². The summed E-state index contributed by atoms with van der Waals surface area (Å²) in [6.45, 7) is 6.62. The maximum absolute atomic E-state index is 12.8. The molecule has 6 nitrogen and oxygen atoms in total. The van der Waals surface area contributed by atoms with Crippen LogP contribution in [-0.2, 0) is 28.6 Å². The highest BCUT2D eigenvalue weighted by Crippen LogP contribution is 2.16. The SMILES string of the molecule is CCCCCCC/C=C\C/C=C\C/C=C\CCCCCCCCC(=O)OCC(COC(=O)CCCCCCCCCCC)OC(=O)CCCCCCCCCCCCCCCC. The third kappa shape index (κ3) is 48.7. The molecule has 0 fully saturated rings. The van der Waals surface area contributed by atoms with Crippen LogP contribution >= 0.6 is 0 Å². The van der Waals surface area contributed by atoms with Crippen LogP contribution in [0.1, 0.15) is 284 Å². The average Bonchev–Trinajstić information content (AvgIpc) is 3.27. The lowest BCUT2D eigenvalue weighted by molar-refractivity contribution is -0.167. The summed E-state index contributed by atoms with van der Waals surface area (Å²) in [5, 5.41) is 0. The quantitative estimate of drug-likeness (QED) is 0.0262. The Morgan fingerprint density at radius 3 is 0.903 bits per heavy atom. The number of allylic oxidation sites excluding steroid dienone is 6. The van der Waals surface area contributed by atoms with Crippen molar-refractivity contribution in [3.8, 4) is 0 Å². The molecule has 0 aliphatic heterocycles. The smallest absolute Gasteiger partial charge is 0.306 e. The number of unbranched alkanes of at least 4 members (excludes halogenated alkanes) is 32. The Hall–Kier alpha value is -2.37. The van der Waals surface area contributed by atoms with Crippen LogP contribution in [0.2, 0.25) is 0 Å². The number of rotatable bonds is 49. The zero-order valence-electron chi connectivity index (χ0n) is 41.4. The van der Waals surface area contributed by atoms with Crippen molar-refractivity contribution in [2.24, 2.45) is 0 Å². The predicted octanol–water partition coefficient (Wildman–Crippen LogP) is 17.7. The largest absolute Gasteiger partial charge is 0.462 e. The zero-order chi connectivity index (χ0) is 45.1. The second kappa shape index (κ2) is 51.3. The minimum Gasteiger partial charge on any atom is -0.462 e. The molecule has 0 spiro atoms. The first-order chi connectivity index (χ1) is 30.5. The van der Waals surface area contributed by atoms with Crippen molar-refractivity contribution in [2.75, 3.05) is 13.2 Å². The third-order valence-electron chi connectivity index (χ3n) is 11.9. The van der Waals surface area contributed by atoms with Gasteiger partial charge in [0.05, 0.1) is 0 Å². The molecular formula is C56H102O6. The van der Waals surface area contributed by atoms with Crippen LogP contribution in [0.15, 0.2) is 36.5 Å². The minimum absolute atomic E-state index is 0.0726. The second-order valence-electron chi connectivity index (χ2n) is 18.2. The first kappa shape index (κ1) is 59.6. The maximum atomic E-state index is 12.8. The lowest BCUT2D eigenvalue weighted by Gasteiger charge is -2.18. The molecule has 0 amide bonds. The molecule has 0 saturated heterocycles. The molecule has 0 aromatic rings. The second-order valence-corrected chi connectivity index (χ2v) is 18.2. The van der Waals surface area contributed by atoms with Gasteiger partial charge in [-0.05, 0) is 57.8 Å². The molecule has 1 atom stereocenters. The molecule has 0 saturated carbocycles. The number of esters is 3. The van der Waals surface area contributed by atoms with Crippen LogP contribution in [-0.4, -0.2) is 37.2 Å². The van der Waals surface area contributed by atoms with E-state index < -0.39 is 6.10 Å². The molecule has 0 aliphatic rings. The maximum Gasteiger partial charge on any atom is 0.306 e. The van der Waals surface area contributed by atoms with Crippen LogP contribution in [0, 0.1) is 0 Å². The number of hydrogen-bond donors (Lipinski definition) is 0. The molecule has 362 valence electrons. The van der Waals surface area contributed by atoms with Gasteiger partial charge in [0.15, 0.2) is 6.10 Å². The number of hydrogen-bond acceptors (Lipinski definition) is 6. The van der Waals surface area contributed by atoms with Crippen LogP contribution in [0.3, 0.4) is 0 Å². The van der Waals surface area contributed by atoms with Gasteiger partial charge < -0.3 is 14.2 Å². The summed E-state index contributed by atoms with van der Waals surface area (Å²) in [5.41, 5.74) is 0. The monoisotopic (exact) mass is 871 g/mol. The van der Waals surface area contributed by atoms with Gasteiger partial charge in [0.25, 0.3) is 0 Å². The normalized spacial score (nSPS) is 12.2. The highest BCUT2D eigenvalue weighted by Gasteiger charge is 2.19.